The molecule has 0 saturated carbocycles. The largest absolute Gasteiger partial charge is 0.328 e. The van der Waals surface area contributed by atoms with Crippen molar-refractivity contribution in [1.82, 2.24) is 14.9 Å². The van der Waals surface area contributed by atoms with Crippen molar-refractivity contribution in [3.05, 3.63) is 41.4 Å². The fraction of sp³-hybridized carbons (Fsp3) is 0. The van der Waals surface area contributed by atoms with Gasteiger partial charge in [-0.3, -0.25) is 15.0 Å². The van der Waals surface area contributed by atoms with Gasteiger partial charge in [0.1, 0.15) is 12.7 Å². The van der Waals surface area contributed by atoms with Crippen LogP contribution in [0.15, 0.2) is 41.4 Å². The average Bonchev–Trinajstić information content (AvgIpc) is 2.84. The first-order valence-electron chi connectivity index (χ1n) is 4.88. The fourth-order valence-corrected chi connectivity index (χ4v) is 1.55. The van der Waals surface area contributed by atoms with Crippen LogP contribution in [0.4, 0.5) is 5.69 Å². The quantitative estimate of drug-likeness (QED) is 0.801. The van der Waals surface area contributed by atoms with Crippen molar-refractivity contribution in [2.24, 2.45) is 0 Å². The second-order valence-corrected chi connectivity index (χ2v) is 4.10. The zero-order valence-electron chi connectivity index (χ0n) is 9.00. The maximum absolute atomic E-state index is 11.6. The standard InChI is InChI=1S/C10H8BrN5O2/c11-7-3-1-2-4-8(7)14-9(17)10(18)15-16-5-12-13-6-16/h1-6H,(H,14,17)(H,15,18). The van der Waals surface area contributed by atoms with Crippen LogP contribution in [0.5, 0.6) is 0 Å². The zero-order chi connectivity index (χ0) is 13.0. The van der Waals surface area contributed by atoms with E-state index in [1.807, 2.05) is 0 Å². The Bertz CT molecular complexity index is 569. The summed E-state index contributed by atoms with van der Waals surface area (Å²) in [6.45, 7) is 0. The molecule has 2 N–H and O–H groups in total. The van der Waals surface area contributed by atoms with Crippen molar-refractivity contribution in [1.29, 1.82) is 0 Å². The molecule has 0 unspecified atom stereocenters. The molecule has 1 heterocycles. The number of amides is 2. The third kappa shape index (κ3) is 2.92. The van der Waals surface area contributed by atoms with Gasteiger partial charge in [-0.25, -0.2) is 4.68 Å². The van der Waals surface area contributed by atoms with Crippen molar-refractivity contribution in [3.8, 4) is 0 Å². The van der Waals surface area contributed by atoms with E-state index < -0.39 is 11.8 Å². The van der Waals surface area contributed by atoms with Crippen LogP contribution < -0.4 is 10.7 Å². The number of halogens is 1. The van der Waals surface area contributed by atoms with Crippen LogP contribution in [0.2, 0.25) is 0 Å². The Morgan fingerprint density at radius 2 is 1.78 bits per heavy atom. The summed E-state index contributed by atoms with van der Waals surface area (Å²) in [4.78, 5) is 23.1. The minimum absolute atomic E-state index is 0.515. The minimum Gasteiger partial charge on any atom is -0.317 e. The summed E-state index contributed by atoms with van der Waals surface area (Å²) in [7, 11) is 0. The molecule has 0 aliphatic carbocycles. The molecule has 0 bridgehead atoms. The van der Waals surface area contributed by atoms with E-state index in [1.165, 1.54) is 17.3 Å². The van der Waals surface area contributed by atoms with E-state index in [0.29, 0.717) is 10.2 Å². The maximum Gasteiger partial charge on any atom is 0.328 e. The summed E-state index contributed by atoms with van der Waals surface area (Å²) in [6, 6.07) is 6.98. The monoisotopic (exact) mass is 309 g/mol. The van der Waals surface area contributed by atoms with E-state index in [0.717, 1.165) is 0 Å². The lowest BCUT2D eigenvalue weighted by molar-refractivity contribution is -0.133. The van der Waals surface area contributed by atoms with Crippen LogP contribution in [0.3, 0.4) is 0 Å². The summed E-state index contributed by atoms with van der Waals surface area (Å²) in [5.74, 6) is -1.60. The molecule has 0 spiro atoms. The van der Waals surface area contributed by atoms with Crippen molar-refractivity contribution in [2.75, 3.05) is 10.7 Å². The van der Waals surface area contributed by atoms with Gasteiger partial charge >= 0.3 is 11.8 Å². The summed E-state index contributed by atoms with van der Waals surface area (Å²) < 4.78 is 1.87. The van der Waals surface area contributed by atoms with Crippen molar-refractivity contribution in [2.45, 2.75) is 0 Å². The van der Waals surface area contributed by atoms with Crippen molar-refractivity contribution >= 4 is 33.4 Å². The molecular formula is C10H8BrN5O2. The second-order valence-electron chi connectivity index (χ2n) is 3.24. The molecule has 1 aromatic carbocycles. The summed E-state index contributed by atoms with van der Waals surface area (Å²) >= 11 is 3.26. The van der Waals surface area contributed by atoms with Crippen LogP contribution in [0.25, 0.3) is 0 Å². The maximum atomic E-state index is 11.6. The van der Waals surface area contributed by atoms with Crippen LogP contribution in [0.1, 0.15) is 0 Å². The Morgan fingerprint density at radius 1 is 1.11 bits per heavy atom. The lowest BCUT2D eigenvalue weighted by Crippen LogP contribution is -2.33. The zero-order valence-corrected chi connectivity index (χ0v) is 10.6. The molecule has 0 atom stereocenters. The van der Waals surface area contributed by atoms with Gasteiger partial charge in [0.25, 0.3) is 0 Å². The number of hydrogen-bond donors (Lipinski definition) is 2. The molecule has 18 heavy (non-hydrogen) atoms. The normalized spacial score (nSPS) is 9.83. The Hall–Kier alpha value is -2.22. The molecule has 2 aromatic rings. The molecule has 0 aliphatic heterocycles. The number of carbonyl (C=O) groups excluding carboxylic acids is 2. The summed E-state index contributed by atoms with van der Waals surface area (Å²) in [5.41, 5.74) is 2.80. The van der Waals surface area contributed by atoms with Crippen LogP contribution >= 0.6 is 15.9 Å². The van der Waals surface area contributed by atoms with E-state index in [9.17, 15) is 9.59 Å². The minimum atomic E-state index is -0.814. The number of hydrogen-bond acceptors (Lipinski definition) is 4. The summed E-state index contributed by atoms with van der Waals surface area (Å²) in [6.07, 6.45) is 2.53. The Morgan fingerprint density at radius 3 is 2.44 bits per heavy atom. The summed E-state index contributed by atoms with van der Waals surface area (Å²) in [5, 5.41) is 9.45. The molecule has 1 aromatic heterocycles. The third-order valence-electron chi connectivity index (χ3n) is 1.98. The van der Waals surface area contributed by atoms with Crippen molar-refractivity contribution < 1.29 is 9.59 Å². The highest BCUT2D eigenvalue weighted by atomic mass is 79.9. The van der Waals surface area contributed by atoms with Crippen LogP contribution in [0, 0.1) is 0 Å². The van der Waals surface area contributed by atoms with Gasteiger partial charge in [0.15, 0.2) is 0 Å². The van der Waals surface area contributed by atoms with E-state index >= 15 is 0 Å². The molecule has 92 valence electrons. The van der Waals surface area contributed by atoms with Gasteiger partial charge in [0.2, 0.25) is 0 Å². The SMILES string of the molecule is O=C(Nc1ccccc1Br)C(=O)Nn1cnnc1. The molecule has 0 radical (unpaired) electrons. The highest BCUT2D eigenvalue weighted by molar-refractivity contribution is 9.10. The Kier molecular flexibility index (Phi) is 3.68. The van der Waals surface area contributed by atoms with Gasteiger partial charge in [0, 0.05) is 4.47 Å². The van der Waals surface area contributed by atoms with Gasteiger partial charge in [0.05, 0.1) is 5.69 Å². The average molecular weight is 310 g/mol. The Balaban J connectivity index is 2.00. The van der Waals surface area contributed by atoms with Gasteiger partial charge in [-0.15, -0.1) is 10.2 Å². The molecular weight excluding hydrogens is 302 g/mol. The molecule has 2 rings (SSSR count). The highest BCUT2D eigenvalue weighted by Gasteiger charge is 2.14. The highest BCUT2D eigenvalue weighted by Crippen LogP contribution is 2.20. The van der Waals surface area contributed by atoms with Crippen molar-refractivity contribution in [3.63, 3.8) is 0 Å². The molecule has 0 fully saturated rings. The van der Waals surface area contributed by atoms with Gasteiger partial charge in [-0.2, -0.15) is 0 Å². The van der Waals surface area contributed by atoms with E-state index in [-0.39, 0.29) is 0 Å². The third-order valence-corrected chi connectivity index (χ3v) is 2.67. The first-order chi connectivity index (χ1) is 8.66. The molecule has 7 nitrogen and oxygen atoms in total. The molecule has 2 amide bonds. The molecule has 8 heteroatoms. The Labute approximate surface area is 110 Å². The number of para-hydroxylation sites is 1. The number of benzene rings is 1. The van der Waals surface area contributed by atoms with Gasteiger partial charge in [-0.1, -0.05) is 12.1 Å². The van der Waals surface area contributed by atoms with Crippen LogP contribution in [-0.4, -0.2) is 26.7 Å². The number of nitrogens with zero attached hydrogens (tertiary/aromatic N) is 3. The number of carbonyl (C=O) groups is 2. The first-order valence-corrected chi connectivity index (χ1v) is 5.67. The molecule has 0 saturated heterocycles. The predicted octanol–water partition coefficient (Wildman–Crippen LogP) is 0.749. The van der Waals surface area contributed by atoms with E-state index in [2.05, 4.69) is 36.9 Å². The number of anilines is 1. The second kappa shape index (κ2) is 5.41. The smallest absolute Gasteiger partial charge is 0.317 e. The topological polar surface area (TPSA) is 88.9 Å². The van der Waals surface area contributed by atoms with Gasteiger partial charge in [-0.05, 0) is 28.1 Å². The molecule has 0 aliphatic rings. The lowest BCUT2D eigenvalue weighted by atomic mass is 10.3. The van der Waals surface area contributed by atoms with Crippen LogP contribution in [-0.2, 0) is 9.59 Å². The van der Waals surface area contributed by atoms with E-state index in [4.69, 9.17) is 0 Å². The predicted molar refractivity (Wildman–Crippen MR) is 67.2 cm³/mol. The number of nitrogens with one attached hydrogen (secondary N) is 2. The van der Waals surface area contributed by atoms with E-state index in [1.54, 1.807) is 24.3 Å². The van der Waals surface area contributed by atoms with Gasteiger partial charge < -0.3 is 5.32 Å². The first kappa shape index (κ1) is 12.2. The number of aromatic nitrogens is 3. The fourth-order valence-electron chi connectivity index (χ4n) is 1.17. The number of rotatable bonds is 2. The lowest BCUT2D eigenvalue weighted by Gasteiger charge is -2.07.